The number of para-hydroxylation sites is 1. The molecular formula is C13H20N2O2. The first kappa shape index (κ1) is 15.2. The van der Waals surface area contributed by atoms with Crippen molar-refractivity contribution in [3.05, 3.63) is 42.7 Å². The van der Waals surface area contributed by atoms with Gasteiger partial charge in [0.15, 0.2) is 5.54 Å². The number of amides is 1. The lowest BCUT2D eigenvalue weighted by Crippen LogP contribution is -2.74. The Kier molecular flexibility index (Phi) is 5.99. The van der Waals surface area contributed by atoms with Crippen LogP contribution in [0.5, 0.6) is 0 Å². The number of hydrogen-bond acceptors (Lipinski definition) is 2. The SMILES string of the molecule is C=C[O-].Cc1ccccc1NC(=O)C(C)(C)[NH3+]. The van der Waals surface area contributed by atoms with Gasteiger partial charge in [0.05, 0.1) is 0 Å². The van der Waals surface area contributed by atoms with Crippen molar-refractivity contribution in [2.75, 3.05) is 5.32 Å². The van der Waals surface area contributed by atoms with Crippen LogP contribution in [0.15, 0.2) is 37.1 Å². The van der Waals surface area contributed by atoms with E-state index in [-0.39, 0.29) is 5.91 Å². The molecule has 1 amide bonds. The Morgan fingerprint density at radius 3 is 2.35 bits per heavy atom. The molecule has 0 unspecified atom stereocenters. The maximum atomic E-state index is 11.6. The number of nitrogens with one attached hydrogen (secondary N) is 1. The molecule has 4 heteroatoms. The third kappa shape index (κ3) is 5.73. The van der Waals surface area contributed by atoms with Gasteiger partial charge in [0.25, 0.3) is 5.91 Å². The van der Waals surface area contributed by atoms with E-state index in [0.717, 1.165) is 11.3 Å². The van der Waals surface area contributed by atoms with Gasteiger partial charge in [-0.25, -0.2) is 0 Å². The molecule has 0 spiro atoms. The first-order valence-electron chi connectivity index (χ1n) is 5.28. The summed E-state index contributed by atoms with van der Waals surface area (Å²) in [5, 5.41) is 11.5. The van der Waals surface area contributed by atoms with E-state index in [0.29, 0.717) is 6.26 Å². The number of carbonyl (C=O) groups is 1. The molecule has 94 valence electrons. The maximum absolute atomic E-state index is 11.6. The summed E-state index contributed by atoms with van der Waals surface area (Å²) in [5.41, 5.74) is 5.11. The molecule has 1 aromatic rings. The molecule has 0 aliphatic carbocycles. The van der Waals surface area contributed by atoms with E-state index in [4.69, 9.17) is 5.11 Å². The van der Waals surface area contributed by atoms with Crippen LogP contribution in [0, 0.1) is 6.92 Å². The Balaban J connectivity index is 0.000000770. The monoisotopic (exact) mass is 236 g/mol. The third-order valence-electron chi connectivity index (χ3n) is 2.01. The topological polar surface area (TPSA) is 79.8 Å². The molecule has 1 aromatic carbocycles. The first-order chi connectivity index (χ1) is 7.82. The summed E-state index contributed by atoms with van der Waals surface area (Å²) in [6.45, 7) is 8.35. The quantitative estimate of drug-likeness (QED) is 0.731. The minimum Gasteiger partial charge on any atom is -0.878 e. The highest BCUT2D eigenvalue weighted by atomic mass is 16.2. The molecule has 0 heterocycles. The zero-order valence-corrected chi connectivity index (χ0v) is 10.6. The fourth-order valence-electron chi connectivity index (χ4n) is 1.00. The highest BCUT2D eigenvalue weighted by molar-refractivity contribution is 5.96. The number of hydrogen-bond donors (Lipinski definition) is 2. The molecular weight excluding hydrogens is 216 g/mol. The van der Waals surface area contributed by atoms with Crippen LogP contribution in [0.4, 0.5) is 5.69 Å². The van der Waals surface area contributed by atoms with E-state index < -0.39 is 5.54 Å². The number of quaternary nitrogens is 1. The van der Waals surface area contributed by atoms with Crippen LogP contribution in [0.3, 0.4) is 0 Å². The average Bonchev–Trinajstić information content (AvgIpc) is 2.21. The summed E-state index contributed by atoms with van der Waals surface area (Å²) >= 11 is 0. The lowest BCUT2D eigenvalue weighted by atomic mass is 10.1. The lowest BCUT2D eigenvalue weighted by Gasteiger charge is -2.15. The van der Waals surface area contributed by atoms with Crippen LogP contribution < -0.4 is 16.2 Å². The minimum absolute atomic E-state index is 0.0631. The van der Waals surface area contributed by atoms with Crippen LogP contribution in [0.2, 0.25) is 0 Å². The van der Waals surface area contributed by atoms with Crippen LogP contribution in [-0.2, 0) is 4.79 Å². The standard InChI is InChI=1S/C11H16N2O.C2H4O/c1-8-6-4-5-7-9(8)13-10(14)11(2,3)12;1-2-3/h4-7H,12H2,1-3H3,(H,13,14);2-3H,1H2. The highest BCUT2D eigenvalue weighted by Crippen LogP contribution is 2.14. The molecule has 0 aliphatic heterocycles. The zero-order valence-electron chi connectivity index (χ0n) is 10.6. The third-order valence-corrected chi connectivity index (χ3v) is 2.01. The largest absolute Gasteiger partial charge is 0.878 e. The van der Waals surface area contributed by atoms with E-state index in [2.05, 4.69) is 17.6 Å². The summed E-state index contributed by atoms with van der Waals surface area (Å²) in [6, 6.07) is 7.70. The minimum atomic E-state index is -0.595. The molecule has 0 aliphatic rings. The van der Waals surface area contributed by atoms with Crippen LogP contribution in [0.25, 0.3) is 0 Å². The Bertz CT molecular complexity index is 381. The second kappa shape index (κ2) is 6.70. The summed E-state index contributed by atoms with van der Waals surface area (Å²) < 4.78 is 0. The van der Waals surface area contributed by atoms with Crippen molar-refractivity contribution in [1.29, 1.82) is 0 Å². The van der Waals surface area contributed by atoms with Gasteiger partial charge in [-0.15, -0.1) is 6.58 Å². The van der Waals surface area contributed by atoms with Gasteiger partial charge in [0.1, 0.15) is 0 Å². The van der Waals surface area contributed by atoms with Crippen molar-refractivity contribution < 1.29 is 15.6 Å². The number of benzene rings is 1. The number of carbonyl (C=O) groups excluding carboxylic acids is 1. The summed E-state index contributed by atoms with van der Waals surface area (Å²) in [7, 11) is 0. The molecule has 4 N–H and O–H groups in total. The van der Waals surface area contributed by atoms with Crippen molar-refractivity contribution in [1.82, 2.24) is 0 Å². The molecule has 4 nitrogen and oxygen atoms in total. The fourth-order valence-corrected chi connectivity index (χ4v) is 1.00. The lowest BCUT2D eigenvalue weighted by molar-refractivity contribution is -0.444. The molecule has 0 saturated carbocycles. The summed E-state index contributed by atoms with van der Waals surface area (Å²) in [6.07, 6.45) is 0.500. The van der Waals surface area contributed by atoms with Crippen molar-refractivity contribution in [3.8, 4) is 0 Å². The fraction of sp³-hybridized carbons (Fsp3) is 0.308. The van der Waals surface area contributed by atoms with Crippen molar-refractivity contribution in [2.45, 2.75) is 26.3 Å². The Morgan fingerprint density at radius 2 is 1.94 bits per heavy atom. The highest BCUT2D eigenvalue weighted by Gasteiger charge is 2.26. The van der Waals surface area contributed by atoms with Gasteiger partial charge in [-0.05, 0) is 32.4 Å². The van der Waals surface area contributed by atoms with Gasteiger partial charge in [-0.2, -0.15) is 6.26 Å². The molecule has 1 rings (SSSR count). The van der Waals surface area contributed by atoms with Gasteiger partial charge < -0.3 is 16.2 Å². The van der Waals surface area contributed by atoms with Crippen molar-refractivity contribution in [2.24, 2.45) is 0 Å². The number of aryl methyl sites for hydroxylation is 1. The van der Waals surface area contributed by atoms with Gasteiger partial charge in [-0.3, -0.25) is 4.79 Å². The second-order valence-electron chi connectivity index (χ2n) is 4.32. The molecule has 0 bridgehead atoms. The predicted octanol–water partition coefficient (Wildman–Crippen LogP) is 0.444. The van der Waals surface area contributed by atoms with Gasteiger partial charge in [0, 0.05) is 5.69 Å². The Morgan fingerprint density at radius 1 is 1.47 bits per heavy atom. The maximum Gasteiger partial charge on any atom is 0.285 e. The van der Waals surface area contributed by atoms with E-state index in [1.165, 1.54) is 0 Å². The Labute approximate surface area is 102 Å². The zero-order chi connectivity index (χ0) is 13.5. The van der Waals surface area contributed by atoms with Gasteiger partial charge in [-0.1, -0.05) is 18.2 Å². The van der Waals surface area contributed by atoms with Crippen LogP contribution >= 0.6 is 0 Å². The molecule has 0 fully saturated rings. The Hall–Kier alpha value is -1.81. The summed E-state index contributed by atoms with van der Waals surface area (Å²) in [5.74, 6) is -0.0631. The van der Waals surface area contributed by atoms with E-state index in [9.17, 15) is 4.79 Å². The van der Waals surface area contributed by atoms with E-state index in [1.54, 1.807) is 13.8 Å². The van der Waals surface area contributed by atoms with Crippen molar-refractivity contribution >= 4 is 11.6 Å². The second-order valence-corrected chi connectivity index (χ2v) is 4.32. The summed E-state index contributed by atoms with van der Waals surface area (Å²) in [4.78, 5) is 11.6. The number of anilines is 1. The molecule has 0 radical (unpaired) electrons. The van der Waals surface area contributed by atoms with Crippen LogP contribution in [0.1, 0.15) is 19.4 Å². The molecule has 0 saturated heterocycles. The van der Waals surface area contributed by atoms with E-state index >= 15 is 0 Å². The predicted molar refractivity (Wildman–Crippen MR) is 67.0 cm³/mol. The molecule has 0 atom stereocenters. The van der Waals surface area contributed by atoms with Crippen LogP contribution in [-0.4, -0.2) is 11.4 Å². The first-order valence-corrected chi connectivity index (χ1v) is 5.28. The molecule has 17 heavy (non-hydrogen) atoms. The molecule has 0 aromatic heterocycles. The van der Waals surface area contributed by atoms with Gasteiger partial charge in [0.2, 0.25) is 0 Å². The number of rotatable bonds is 2. The smallest absolute Gasteiger partial charge is 0.285 e. The van der Waals surface area contributed by atoms with Crippen molar-refractivity contribution in [3.63, 3.8) is 0 Å². The van der Waals surface area contributed by atoms with E-state index in [1.807, 2.05) is 31.2 Å². The average molecular weight is 236 g/mol. The normalized spacial score (nSPS) is 9.88. The van der Waals surface area contributed by atoms with Gasteiger partial charge >= 0.3 is 0 Å².